The maximum Gasteiger partial charge on any atom is 0.280 e. The molecule has 0 fully saturated rings. The van der Waals surface area contributed by atoms with Crippen LogP contribution in [0.25, 0.3) is 5.69 Å². The van der Waals surface area contributed by atoms with Crippen LogP contribution in [0.3, 0.4) is 0 Å². The number of aliphatic imine (C=N–C) groups is 1. The fraction of sp³-hybridized carbons (Fsp3) is 0.200. The standard InChI is InChI=1S/C20H20N4O3/c1-15-19(14-21-13-5-8-16-6-3-2-4-7-16)20(25)23(22-15)17-9-11-18(12-10-17)24(26)27/h2-4,6-7,9-12,14,22H,5,8,13H2,1H3. The fourth-order valence-corrected chi connectivity index (χ4v) is 2.79. The molecule has 0 aliphatic carbocycles. The summed E-state index contributed by atoms with van der Waals surface area (Å²) in [5.74, 6) is 0. The zero-order chi connectivity index (χ0) is 19.2. The van der Waals surface area contributed by atoms with Crippen molar-refractivity contribution >= 4 is 11.9 Å². The largest absolute Gasteiger partial charge is 0.295 e. The molecule has 2 aromatic carbocycles. The number of aromatic nitrogens is 2. The summed E-state index contributed by atoms with van der Waals surface area (Å²) in [5, 5.41) is 13.7. The van der Waals surface area contributed by atoms with Crippen LogP contribution in [0.1, 0.15) is 23.2 Å². The number of non-ortho nitro benzene ring substituents is 1. The molecule has 0 radical (unpaired) electrons. The van der Waals surface area contributed by atoms with Crippen LogP contribution in [0, 0.1) is 17.0 Å². The van der Waals surface area contributed by atoms with Gasteiger partial charge in [0.25, 0.3) is 11.2 Å². The van der Waals surface area contributed by atoms with E-state index in [0.717, 1.165) is 12.8 Å². The van der Waals surface area contributed by atoms with Crippen molar-refractivity contribution in [2.24, 2.45) is 4.99 Å². The Labute approximate surface area is 156 Å². The highest BCUT2D eigenvalue weighted by atomic mass is 16.6. The van der Waals surface area contributed by atoms with E-state index in [9.17, 15) is 14.9 Å². The van der Waals surface area contributed by atoms with Gasteiger partial charge >= 0.3 is 0 Å². The van der Waals surface area contributed by atoms with E-state index in [1.807, 2.05) is 18.2 Å². The highest BCUT2D eigenvalue weighted by Crippen LogP contribution is 2.14. The molecule has 0 spiro atoms. The second-order valence-electron chi connectivity index (χ2n) is 6.19. The number of nitro groups is 1. The van der Waals surface area contributed by atoms with Crippen LogP contribution >= 0.6 is 0 Å². The number of nitrogens with one attached hydrogen (secondary N) is 1. The number of nitrogens with zero attached hydrogens (tertiary/aromatic N) is 3. The zero-order valence-corrected chi connectivity index (χ0v) is 15.0. The van der Waals surface area contributed by atoms with Crippen LogP contribution < -0.4 is 5.56 Å². The smallest absolute Gasteiger partial charge is 0.280 e. The highest BCUT2D eigenvalue weighted by molar-refractivity contribution is 5.80. The molecule has 0 bridgehead atoms. The van der Waals surface area contributed by atoms with Crippen LogP contribution in [0.5, 0.6) is 0 Å². The van der Waals surface area contributed by atoms with Gasteiger partial charge in [0.1, 0.15) is 0 Å². The molecule has 3 rings (SSSR count). The lowest BCUT2D eigenvalue weighted by molar-refractivity contribution is -0.384. The van der Waals surface area contributed by atoms with E-state index in [1.54, 1.807) is 13.1 Å². The van der Waals surface area contributed by atoms with Gasteiger partial charge in [0.05, 0.1) is 16.2 Å². The molecule has 0 unspecified atom stereocenters. The van der Waals surface area contributed by atoms with Gasteiger partial charge in [-0.1, -0.05) is 30.3 Å². The first-order valence-corrected chi connectivity index (χ1v) is 8.66. The first kappa shape index (κ1) is 18.3. The molecular weight excluding hydrogens is 344 g/mol. The molecule has 7 heteroatoms. The third kappa shape index (κ3) is 4.38. The Hall–Kier alpha value is -3.48. The van der Waals surface area contributed by atoms with Crippen LogP contribution in [0.2, 0.25) is 0 Å². The first-order chi connectivity index (χ1) is 13.1. The number of hydrogen-bond donors (Lipinski definition) is 1. The number of hydrogen-bond acceptors (Lipinski definition) is 4. The molecule has 1 heterocycles. The van der Waals surface area contributed by atoms with Gasteiger partial charge in [-0.25, -0.2) is 4.68 Å². The van der Waals surface area contributed by atoms with E-state index >= 15 is 0 Å². The molecule has 0 aliphatic heterocycles. The molecule has 0 saturated heterocycles. The molecule has 7 nitrogen and oxygen atoms in total. The lowest BCUT2D eigenvalue weighted by Crippen LogP contribution is -2.17. The topological polar surface area (TPSA) is 93.3 Å². The average molecular weight is 364 g/mol. The minimum absolute atomic E-state index is 0.0183. The Morgan fingerprint density at radius 3 is 2.52 bits per heavy atom. The van der Waals surface area contributed by atoms with E-state index < -0.39 is 4.92 Å². The van der Waals surface area contributed by atoms with Gasteiger partial charge in [0.15, 0.2) is 0 Å². The van der Waals surface area contributed by atoms with E-state index in [2.05, 4.69) is 22.2 Å². The Bertz CT molecular complexity index is 1000. The summed E-state index contributed by atoms with van der Waals surface area (Å²) in [5.41, 5.74) is 2.75. The number of H-pyrrole nitrogens is 1. The third-order valence-corrected chi connectivity index (χ3v) is 4.25. The second kappa shape index (κ2) is 8.27. The molecule has 0 saturated carbocycles. The number of nitro benzene ring substituents is 1. The van der Waals surface area contributed by atoms with Crippen LogP contribution in [-0.2, 0) is 6.42 Å². The van der Waals surface area contributed by atoms with Gasteiger partial charge < -0.3 is 0 Å². The van der Waals surface area contributed by atoms with Gasteiger partial charge in [-0.2, -0.15) is 0 Å². The molecule has 0 atom stereocenters. The lowest BCUT2D eigenvalue weighted by atomic mass is 10.1. The Balaban J connectivity index is 1.68. The van der Waals surface area contributed by atoms with Gasteiger partial charge in [-0.3, -0.25) is 25.0 Å². The second-order valence-corrected chi connectivity index (χ2v) is 6.19. The summed E-state index contributed by atoms with van der Waals surface area (Å²) in [6.45, 7) is 2.44. The van der Waals surface area contributed by atoms with E-state index in [0.29, 0.717) is 23.5 Å². The Morgan fingerprint density at radius 1 is 1.15 bits per heavy atom. The molecule has 3 aromatic rings. The average Bonchev–Trinajstić information content (AvgIpc) is 2.96. The number of rotatable bonds is 7. The molecule has 138 valence electrons. The van der Waals surface area contributed by atoms with E-state index in [-0.39, 0.29) is 11.2 Å². The summed E-state index contributed by atoms with van der Waals surface area (Å²) in [6.07, 6.45) is 3.44. The van der Waals surface area contributed by atoms with Crippen molar-refractivity contribution in [3.63, 3.8) is 0 Å². The summed E-state index contributed by atoms with van der Waals surface area (Å²) in [6, 6.07) is 16.0. The van der Waals surface area contributed by atoms with Crippen molar-refractivity contribution in [3.05, 3.63) is 91.9 Å². The normalized spacial score (nSPS) is 11.1. The van der Waals surface area contributed by atoms with Crippen LogP contribution in [0.15, 0.2) is 64.4 Å². The Morgan fingerprint density at radius 2 is 1.85 bits per heavy atom. The predicted octanol–water partition coefficient (Wildman–Crippen LogP) is 3.43. The summed E-state index contributed by atoms with van der Waals surface area (Å²) in [7, 11) is 0. The summed E-state index contributed by atoms with van der Waals surface area (Å²) in [4.78, 5) is 27.3. The van der Waals surface area contributed by atoms with Crippen molar-refractivity contribution in [2.45, 2.75) is 19.8 Å². The van der Waals surface area contributed by atoms with Crippen molar-refractivity contribution in [1.29, 1.82) is 0 Å². The zero-order valence-electron chi connectivity index (χ0n) is 15.0. The van der Waals surface area contributed by atoms with Gasteiger partial charge in [0.2, 0.25) is 0 Å². The molecule has 1 aromatic heterocycles. The Kier molecular flexibility index (Phi) is 5.61. The van der Waals surface area contributed by atoms with Crippen molar-refractivity contribution in [3.8, 4) is 5.69 Å². The van der Waals surface area contributed by atoms with Crippen molar-refractivity contribution in [1.82, 2.24) is 9.78 Å². The third-order valence-electron chi connectivity index (χ3n) is 4.25. The molecule has 1 N–H and O–H groups in total. The predicted molar refractivity (Wildman–Crippen MR) is 105 cm³/mol. The quantitative estimate of drug-likeness (QED) is 0.301. The van der Waals surface area contributed by atoms with Crippen LogP contribution in [-0.4, -0.2) is 27.5 Å². The fourth-order valence-electron chi connectivity index (χ4n) is 2.79. The number of aryl methyl sites for hydroxylation is 2. The van der Waals surface area contributed by atoms with Crippen molar-refractivity contribution in [2.75, 3.05) is 6.54 Å². The minimum atomic E-state index is -0.472. The maximum atomic E-state index is 12.6. The lowest BCUT2D eigenvalue weighted by Gasteiger charge is -2.00. The highest BCUT2D eigenvalue weighted by Gasteiger charge is 2.12. The molecule has 27 heavy (non-hydrogen) atoms. The maximum absolute atomic E-state index is 12.6. The van der Waals surface area contributed by atoms with E-state index in [1.165, 1.54) is 34.5 Å². The minimum Gasteiger partial charge on any atom is -0.295 e. The van der Waals surface area contributed by atoms with Gasteiger partial charge in [-0.15, -0.1) is 0 Å². The molecule has 0 aliphatic rings. The number of benzene rings is 2. The number of aromatic amines is 1. The van der Waals surface area contributed by atoms with E-state index in [4.69, 9.17) is 0 Å². The summed E-state index contributed by atoms with van der Waals surface area (Å²) < 4.78 is 1.37. The first-order valence-electron chi connectivity index (χ1n) is 8.66. The molecular formula is C20H20N4O3. The van der Waals surface area contributed by atoms with Crippen molar-refractivity contribution < 1.29 is 4.92 Å². The van der Waals surface area contributed by atoms with Crippen LogP contribution in [0.4, 0.5) is 5.69 Å². The summed E-state index contributed by atoms with van der Waals surface area (Å²) >= 11 is 0. The monoisotopic (exact) mass is 364 g/mol. The molecule has 0 amide bonds. The van der Waals surface area contributed by atoms with Gasteiger partial charge in [-0.05, 0) is 37.5 Å². The van der Waals surface area contributed by atoms with Gasteiger partial charge in [0, 0.05) is 30.6 Å². The SMILES string of the molecule is Cc1[nH]n(-c2ccc([N+](=O)[O-])cc2)c(=O)c1C=NCCCc1ccccc1.